The number of hydrogen-bond donors (Lipinski definition) is 2. The Morgan fingerprint density at radius 1 is 0.380 bits per heavy atom. The second-order valence-corrected chi connectivity index (χ2v) is 12.3. The Bertz CT molecular complexity index is 2480. The summed E-state index contributed by atoms with van der Waals surface area (Å²) in [4.78, 5) is 18.3. The van der Waals surface area contributed by atoms with Crippen LogP contribution in [0.3, 0.4) is 0 Å². The molecule has 0 fully saturated rings. The molecule has 0 atom stereocenters. The number of methoxy groups -OCH3 is 1. The summed E-state index contributed by atoms with van der Waals surface area (Å²) in [5, 5.41) is 0. The molecule has 3 aromatic heterocycles. The smallest absolute Gasteiger partial charge is 0.119 e. The van der Waals surface area contributed by atoms with Gasteiger partial charge in [-0.25, -0.2) is 9.97 Å². The van der Waals surface area contributed by atoms with Crippen molar-refractivity contribution in [2.45, 2.75) is 0 Å². The van der Waals surface area contributed by atoms with Gasteiger partial charge in [0.05, 0.1) is 29.9 Å². The third-order valence-corrected chi connectivity index (χ3v) is 9.30. The van der Waals surface area contributed by atoms with Crippen molar-refractivity contribution in [3.63, 3.8) is 0 Å². The van der Waals surface area contributed by atoms with E-state index in [-0.39, 0.29) is 0 Å². The van der Waals surface area contributed by atoms with Crippen LogP contribution in [-0.4, -0.2) is 27.0 Å². The zero-order chi connectivity index (χ0) is 33.4. The highest BCUT2D eigenvalue weighted by Crippen LogP contribution is 2.38. The van der Waals surface area contributed by atoms with Crippen LogP contribution in [0, 0.1) is 0 Å². The minimum absolute atomic E-state index is 0.793. The van der Waals surface area contributed by atoms with Gasteiger partial charge in [0.2, 0.25) is 0 Å². The third-order valence-electron chi connectivity index (χ3n) is 9.30. The topological polar surface area (TPSA) is 66.6 Å². The summed E-state index contributed by atoms with van der Waals surface area (Å²) >= 11 is 0. The van der Waals surface area contributed by atoms with Crippen molar-refractivity contribution in [1.29, 1.82) is 0 Å². The van der Waals surface area contributed by atoms with E-state index in [0.29, 0.717) is 0 Å². The summed E-state index contributed by atoms with van der Waals surface area (Å²) < 4.78 is 5.67. The van der Waals surface area contributed by atoms with Crippen LogP contribution in [0.4, 0.5) is 0 Å². The first-order valence-corrected chi connectivity index (χ1v) is 16.7. The molecule has 0 amide bonds. The normalized spacial score (nSPS) is 11.9. The largest absolute Gasteiger partial charge is 0.497 e. The molecule has 5 heteroatoms. The summed E-state index contributed by atoms with van der Waals surface area (Å²) in [5.74, 6) is 0.793. The lowest BCUT2D eigenvalue weighted by Gasteiger charge is -2.07. The molecule has 2 N–H and O–H groups in total. The molecule has 0 spiro atoms. The lowest BCUT2D eigenvalue weighted by Crippen LogP contribution is -1.91. The predicted octanol–water partition coefficient (Wildman–Crippen LogP) is 11.3. The van der Waals surface area contributed by atoms with Crippen molar-refractivity contribution in [1.82, 2.24) is 19.9 Å². The number of hydrogen-bond acceptors (Lipinski definition) is 3. The number of benzene rings is 4. The number of nitrogens with one attached hydrogen (secondary N) is 2. The Labute approximate surface area is 290 Å². The number of ether oxygens (including phenoxy) is 1. The van der Waals surface area contributed by atoms with Gasteiger partial charge in [0, 0.05) is 44.3 Å². The molecule has 0 saturated heterocycles. The van der Waals surface area contributed by atoms with Crippen molar-refractivity contribution < 1.29 is 4.74 Å². The molecule has 8 bridgehead atoms. The van der Waals surface area contributed by atoms with Crippen LogP contribution < -0.4 is 4.74 Å². The van der Waals surface area contributed by atoms with Gasteiger partial charge in [-0.05, 0) is 83.0 Å². The van der Waals surface area contributed by atoms with Crippen LogP contribution in [0.15, 0.2) is 140 Å². The number of nitrogens with zero attached hydrogens (tertiary/aromatic N) is 2. The number of aromatic nitrogens is 4. The average Bonchev–Trinajstić information content (AvgIpc) is 4.01. The minimum Gasteiger partial charge on any atom is -0.497 e. The van der Waals surface area contributed by atoms with Crippen molar-refractivity contribution in [3.8, 4) is 50.3 Å². The van der Waals surface area contributed by atoms with Crippen LogP contribution in [0.5, 0.6) is 5.75 Å². The van der Waals surface area contributed by atoms with Gasteiger partial charge in [0.25, 0.3) is 0 Å². The average molecular weight is 645 g/mol. The van der Waals surface area contributed by atoms with E-state index in [1.165, 1.54) is 0 Å². The van der Waals surface area contributed by atoms with E-state index in [1.54, 1.807) is 7.11 Å². The summed E-state index contributed by atoms with van der Waals surface area (Å²) in [6.07, 6.45) is 8.47. The van der Waals surface area contributed by atoms with Gasteiger partial charge in [0.15, 0.2) is 0 Å². The van der Waals surface area contributed by atoms with Gasteiger partial charge < -0.3 is 14.7 Å². The molecule has 2 aliphatic heterocycles. The number of aromatic amines is 2. The molecule has 238 valence electrons. The highest BCUT2D eigenvalue weighted by molar-refractivity contribution is 6.00. The van der Waals surface area contributed by atoms with E-state index in [1.807, 2.05) is 30.3 Å². The van der Waals surface area contributed by atoms with Gasteiger partial charge in [-0.15, -0.1) is 0 Å². The van der Waals surface area contributed by atoms with Crippen LogP contribution in [-0.2, 0) is 0 Å². The highest BCUT2D eigenvalue weighted by atomic mass is 16.5. The molecule has 0 aliphatic carbocycles. The lowest BCUT2D eigenvalue weighted by molar-refractivity contribution is 0.415. The predicted molar refractivity (Wildman–Crippen MR) is 207 cm³/mol. The lowest BCUT2D eigenvalue weighted by atomic mass is 10.0. The summed E-state index contributed by atoms with van der Waals surface area (Å²) in [5.41, 5.74) is 15.7. The Morgan fingerprint density at radius 3 is 1.20 bits per heavy atom. The van der Waals surface area contributed by atoms with E-state index >= 15 is 0 Å². The second kappa shape index (κ2) is 12.4. The summed E-state index contributed by atoms with van der Waals surface area (Å²) in [6.45, 7) is 0. The van der Waals surface area contributed by atoms with Crippen molar-refractivity contribution in [2.24, 2.45) is 0 Å². The molecular weight excluding hydrogens is 613 g/mol. The van der Waals surface area contributed by atoms with Gasteiger partial charge in [-0.3, -0.25) is 0 Å². The van der Waals surface area contributed by atoms with Crippen molar-refractivity contribution >= 4 is 46.4 Å². The molecule has 2 aliphatic rings. The van der Waals surface area contributed by atoms with Gasteiger partial charge in [0.1, 0.15) is 5.75 Å². The minimum atomic E-state index is 0.793. The molecule has 9 rings (SSSR count). The van der Waals surface area contributed by atoms with E-state index in [4.69, 9.17) is 14.7 Å². The van der Waals surface area contributed by atoms with Crippen molar-refractivity contribution in [2.75, 3.05) is 7.11 Å². The van der Waals surface area contributed by atoms with E-state index in [0.717, 1.165) is 95.1 Å². The quantitative estimate of drug-likeness (QED) is 0.196. The fourth-order valence-electron chi connectivity index (χ4n) is 7.01. The molecule has 0 unspecified atom stereocenters. The first-order valence-electron chi connectivity index (χ1n) is 16.7. The first-order chi connectivity index (χ1) is 24.7. The fourth-order valence-corrected chi connectivity index (χ4v) is 7.01. The number of rotatable bonds is 5. The molecule has 0 radical (unpaired) electrons. The maximum absolute atomic E-state index is 5.67. The van der Waals surface area contributed by atoms with Crippen LogP contribution >= 0.6 is 0 Å². The maximum atomic E-state index is 5.67. The van der Waals surface area contributed by atoms with Gasteiger partial charge in [-0.2, -0.15) is 0 Å². The maximum Gasteiger partial charge on any atom is 0.119 e. The number of fused-ring (bicyclic) bond motifs is 8. The molecule has 7 aromatic rings. The monoisotopic (exact) mass is 644 g/mol. The zero-order valence-corrected chi connectivity index (χ0v) is 27.4. The SMILES string of the molecule is COc1cccc(-c2c3ccc([nH]3)c(-c3ccccc3)c3nc(c(-c4ccccc4)c4nc(c(-c5ccccc5)c5ccc2[nH]5)C=C4)C=C3)c1. The summed E-state index contributed by atoms with van der Waals surface area (Å²) in [7, 11) is 1.70. The Kier molecular flexibility index (Phi) is 7.29. The van der Waals surface area contributed by atoms with Crippen LogP contribution in [0.1, 0.15) is 22.8 Å². The standard InChI is InChI=1S/C45H32N4O/c1-50-33-19-11-18-32(28-33)45-40-26-24-38(48-40)43(30-14-7-3-8-15-30)36-22-20-34(46-36)42(29-12-5-2-6-13-29)35-21-23-37(47-35)44(31-16-9-4-10-17-31)39-25-27-41(45)49-39/h2-28,48-49H,1H3. The number of H-pyrrole nitrogens is 2. The van der Waals surface area contributed by atoms with Crippen LogP contribution in [0.25, 0.3) is 90.9 Å². The molecule has 5 nitrogen and oxygen atoms in total. The van der Waals surface area contributed by atoms with Gasteiger partial charge in [-0.1, -0.05) is 103 Å². The molecule has 4 aromatic carbocycles. The Balaban J connectivity index is 1.48. The van der Waals surface area contributed by atoms with E-state index in [2.05, 4.69) is 143 Å². The fraction of sp³-hybridized carbons (Fsp3) is 0.0222. The Morgan fingerprint density at radius 2 is 0.760 bits per heavy atom. The molecule has 0 saturated carbocycles. The van der Waals surface area contributed by atoms with Crippen LogP contribution in [0.2, 0.25) is 0 Å². The molecule has 50 heavy (non-hydrogen) atoms. The zero-order valence-electron chi connectivity index (χ0n) is 27.4. The second-order valence-electron chi connectivity index (χ2n) is 12.3. The molecular formula is C45H32N4O. The van der Waals surface area contributed by atoms with Crippen molar-refractivity contribution in [3.05, 3.63) is 162 Å². The van der Waals surface area contributed by atoms with E-state index in [9.17, 15) is 0 Å². The Hall–Kier alpha value is -6.72. The first kappa shape index (κ1) is 29.4. The third kappa shape index (κ3) is 5.22. The summed E-state index contributed by atoms with van der Waals surface area (Å²) in [6, 6.07) is 48.2. The molecule has 5 heterocycles. The van der Waals surface area contributed by atoms with E-state index < -0.39 is 0 Å². The van der Waals surface area contributed by atoms with Gasteiger partial charge >= 0.3 is 0 Å². The highest BCUT2D eigenvalue weighted by Gasteiger charge is 2.19.